The molecule has 1 heterocycles. The third-order valence-corrected chi connectivity index (χ3v) is 8.59. The van der Waals surface area contributed by atoms with E-state index in [-0.39, 0.29) is 36.1 Å². The minimum atomic E-state index is -4.19. The minimum absolute atomic E-state index is 0.00494. The number of thiophene rings is 1. The number of nitrogens with one attached hydrogen (secondary N) is 2. The van der Waals surface area contributed by atoms with E-state index in [9.17, 15) is 21.6 Å². The lowest BCUT2D eigenvalue weighted by atomic mass is 10.2. The first-order valence-electron chi connectivity index (χ1n) is 7.91. The van der Waals surface area contributed by atoms with Crippen molar-refractivity contribution in [3.05, 3.63) is 69.5 Å². The molecule has 2 aromatic carbocycles. The Morgan fingerprint density at radius 3 is 1.87 bits per heavy atom. The zero-order chi connectivity index (χ0) is 22.1. The molecule has 0 fully saturated rings. The fourth-order valence-corrected chi connectivity index (χ4v) is 5.77. The van der Waals surface area contributed by atoms with E-state index in [1.165, 1.54) is 18.2 Å². The number of sulfonamides is 2. The second kappa shape index (κ2) is 8.44. The van der Waals surface area contributed by atoms with E-state index in [1.807, 2.05) is 0 Å². The number of rotatable bonds is 7. The summed E-state index contributed by atoms with van der Waals surface area (Å²) in [4.78, 5) is 10.7. The number of hydrogen-bond acceptors (Lipinski definition) is 6. The van der Waals surface area contributed by atoms with Crippen LogP contribution in [0.5, 0.6) is 0 Å². The van der Waals surface area contributed by atoms with Crippen molar-refractivity contribution in [1.29, 1.82) is 0 Å². The number of anilines is 2. The Bertz CT molecular complexity index is 1310. The molecule has 8 nitrogen and oxygen atoms in total. The average molecular weight is 507 g/mol. The van der Waals surface area contributed by atoms with Gasteiger partial charge in [0.2, 0.25) is 0 Å². The van der Waals surface area contributed by atoms with Gasteiger partial charge in [0, 0.05) is 0 Å². The summed E-state index contributed by atoms with van der Waals surface area (Å²) in [6.07, 6.45) is 0. The molecule has 13 heteroatoms. The van der Waals surface area contributed by atoms with Crippen LogP contribution in [0.4, 0.5) is 11.4 Å². The fourth-order valence-electron chi connectivity index (χ4n) is 2.31. The van der Waals surface area contributed by atoms with Gasteiger partial charge in [-0.25, -0.2) is 21.6 Å². The Balaban J connectivity index is 1.99. The van der Waals surface area contributed by atoms with Crippen molar-refractivity contribution in [2.24, 2.45) is 0 Å². The van der Waals surface area contributed by atoms with Gasteiger partial charge in [-0.15, -0.1) is 11.3 Å². The van der Waals surface area contributed by atoms with Crippen LogP contribution in [-0.2, 0) is 20.0 Å². The van der Waals surface area contributed by atoms with Crippen LogP contribution >= 0.6 is 34.5 Å². The molecule has 0 aliphatic rings. The summed E-state index contributed by atoms with van der Waals surface area (Å²) in [7, 11) is -8.18. The van der Waals surface area contributed by atoms with Gasteiger partial charge >= 0.3 is 5.97 Å². The highest BCUT2D eigenvalue weighted by Gasteiger charge is 2.22. The molecule has 0 radical (unpaired) electrons. The zero-order valence-corrected chi connectivity index (χ0v) is 18.6. The van der Waals surface area contributed by atoms with Gasteiger partial charge in [0.25, 0.3) is 20.0 Å². The number of aromatic carboxylic acids is 1. The van der Waals surface area contributed by atoms with Crippen LogP contribution in [0.1, 0.15) is 10.4 Å². The van der Waals surface area contributed by atoms with Crippen molar-refractivity contribution in [2.45, 2.75) is 9.10 Å². The summed E-state index contributed by atoms with van der Waals surface area (Å²) < 4.78 is 55.1. The Hall–Kier alpha value is -2.31. The van der Waals surface area contributed by atoms with Gasteiger partial charge < -0.3 is 5.11 Å². The van der Waals surface area contributed by atoms with E-state index < -0.39 is 26.0 Å². The lowest BCUT2D eigenvalue weighted by Gasteiger charge is -2.15. The first kappa shape index (κ1) is 22.4. The predicted molar refractivity (Wildman–Crippen MR) is 116 cm³/mol. The molecule has 3 aromatic rings. The third-order valence-electron chi connectivity index (χ3n) is 3.72. The van der Waals surface area contributed by atoms with E-state index in [1.54, 1.807) is 11.4 Å². The standard InChI is InChI=1S/C17H12Cl2N2O6S3/c18-12-8-14(20-29(24,25)11-5-3-10(4-6-11)17(22)23)15(9-13(12)19)21-30(26,27)16-2-1-7-28-16/h1-9,20-21H,(H,22,23). The van der Waals surface area contributed by atoms with Gasteiger partial charge in [-0.3, -0.25) is 9.44 Å². The molecule has 3 N–H and O–H groups in total. The molecule has 0 unspecified atom stereocenters. The van der Waals surface area contributed by atoms with Gasteiger partial charge in [-0.05, 0) is 47.8 Å². The molecule has 0 aliphatic heterocycles. The normalized spacial score (nSPS) is 11.8. The molecule has 0 bridgehead atoms. The van der Waals surface area contributed by atoms with Crippen LogP contribution in [0.3, 0.4) is 0 Å². The van der Waals surface area contributed by atoms with E-state index in [4.69, 9.17) is 28.3 Å². The number of halogens is 2. The van der Waals surface area contributed by atoms with E-state index in [0.717, 1.165) is 35.6 Å². The Morgan fingerprint density at radius 2 is 1.40 bits per heavy atom. The minimum Gasteiger partial charge on any atom is -0.478 e. The number of carboxylic acids is 1. The van der Waals surface area contributed by atoms with Crippen LogP contribution in [-0.4, -0.2) is 27.9 Å². The van der Waals surface area contributed by atoms with Crippen molar-refractivity contribution < 1.29 is 26.7 Å². The lowest BCUT2D eigenvalue weighted by Crippen LogP contribution is -2.17. The van der Waals surface area contributed by atoms with Crippen LogP contribution in [0.25, 0.3) is 0 Å². The molecule has 0 aliphatic carbocycles. The van der Waals surface area contributed by atoms with E-state index in [2.05, 4.69) is 9.44 Å². The maximum absolute atomic E-state index is 12.7. The van der Waals surface area contributed by atoms with Gasteiger partial charge in [0.15, 0.2) is 0 Å². The maximum atomic E-state index is 12.7. The van der Waals surface area contributed by atoms with Crippen LogP contribution in [0.15, 0.2) is 63.0 Å². The summed E-state index contributed by atoms with van der Waals surface area (Å²) in [5.74, 6) is -1.21. The van der Waals surface area contributed by atoms with Crippen LogP contribution in [0, 0.1) is 0 Å². The molecule has 3 rings (SSSR count). The maximum Gasteiger partial charge on any atom is 0.335 e. The molecule has 0 saturated carbocycles. The van der Waals surface area contributed by atoms with Crippen molar-refractivity contribution in [3.8, 4) is 0 Å². The first-order chi connectivity index (χ1) is 14.0. The molecular weight excluding hydrogens is 495 g/mol. The second-order valence-corrected chi connectivity index (χ2v) is 11.1. The monoisotopic (exact) mass is 506 g/mol. The predicted octanol–water partition coefficient (Wildman–Crippen LogP) is 4.35. The van der Waals surface area contributed by atoms with Crippen molar-refractivity contribution in [1.82, 2.24) is 0 Å². The summed E-state index contributed by atoms with van der Waals surface area (Å²) in [5.41, 5.74) is -0.386. The smallest absolute Gasteiger partial charge is 0.335 e. The summed E-state index contributed by atoms with van der Waals surface area (Å²) in [6, 6.07) is 9.77. The largest absolute Gasteiger partial charge is 0.478 e. The summed E-state index contributed by atoms with van der Waals surface area (Å²) in [6.45, 7) is 0. The quantitative estimate of drug-likeness (QED) is 0.436. The molecular formula is C17H12Cl2N2O6S3. The number of carboxylic acid groups (broad SMARTS) is 1. The number of carbonyl (C=O) groups is 1. The first-order valence-corrected chi connectivity index (χ1v) is 12.5. The van der Waals surface area contributed by atoms with Crippen LogP contribution < -0.4 is 9.44 Å². The summed E-state index contributed by atoms with van der Waals surface area (Å²) >= 11 is 12.9. The Labute approximate surface area is 186 Å². The highest BCUT2D eigenvalue weighted by atomic mass is 35.5. The molecule has 158 valence electrons. The molecule has 30 heavy (non-hydrogen) atoms. The van der Waals surface area contributed by atoms with E-state index in [0.29, 0.717) is 0 Å². The van der Waals surface area contributed by atoms with Crippen molar-refractivity contribution in [3.63, 3.8) is 0 Å². The molecule has 0 amide bonds. The summed E-state index contributed by atoms with van der Waals surface area (Å²) in [5, 5.41) is 10.5. The molecule has 0 saturated heterocycles. The number of hydrogen-bond donors (Lipinski definition) is 3. The fraction of sp³-hybridized carbons (Fsp3) is 0. The lowest BCUT2D eigenvalue weighted by molar-refractivity contribution is 0.0696. The molecule has 0 atom stereocenters. The highest BCUT2D eigenvalue weighted by Crippen LogP contribution is 2.35. The Kier molecular flexibility index (Phi) is 6.29. The van der Waals surface area contributed by atoms with Gasteiger partial charge in [0.05, 0.1) is 31.9 Å². The van der Waals surface area contributed by atoms with Crippen molar-refractivity contribution in [2.75, 3.05) is 9.44 Å². The third kappa shape index (κ3) is 4.87. The van der Waals surface area contributed by atoms with Gasteiger partial charge in [0.1, 0.15) is 4.21 Å². The molecule has 0 spiro atoms. The zero-order valence-electron chi connectivity index (χ0n) is 14.7. The SMILES string of the molecule is O=C(O)c1ccc(S(=O)(=O)Nc2cc(Cl)c(Cl)cc2NS(=O)(=O)c2cccs2)cc1. The second-order valence-electron chi connectivity index (χ2n) is 5.78. The van der Waals surface area contributed by atoms with Crippen LogP contribution in [0.2, 0.25) is 10.0 Å². The molecule has 1 aromatic heterocycles. The van der Waals surface area contributed by atoms with E-state index >= 15 is 0 Å². The Morgan fingerprint density at radius 1 is 0.867 bits per heavy atom. The topological polar surface area (TPSA) is 130 Å². The average Bonchev–Trinajstić information content (AvgIpc) is 3.21. The van der Waals surface area contributed by atoms with Crippen molar-refractivity contribution >= 4 is 71.9 Å². The number of benzene rings is 2. The van der Waals surface area contributed by atoms with Gasteiger partial charge in [-0.2, -0.15) is 0 Å². The highest BCUT2D eigenvalue weighted by molar-refractivity contribution is 7.94. The van der Waals surface area contributed by atoms with Gasteiger partial charge in [-0.1, -0.05) is 29.3 Å².